The van der Waals surface area contributed by atoms with E-state index < -0.39 is 6.09 Å². The lowest BCUT2D eigenvalue weighted by molar-refractivity contribution is 0.160. The quantitative estimate of drug-likeness (QED) is 0.357. The summed E-state index contributed by atoms with van der Waals surface area (Å²) in [5.41, 5.74) is 2.62. The molecule has 7 nitrogen and oxygen atoms in total. The average Bonchev–Trinajstić information content (AvgIpc) is 3.17. The number of amides is 2. The summed E-state index contributed by atoms with van der Waals surface area (Å²) in [6.07, 6.45) is 0.363. The third-order valence-corrected chi connectivity index (χ3v) is 5.08. The molecule has 0 bridgehead atoms. The molecule has 4 rings (SSSR count). The molecule has 8 heteroatoms. The second-order valence-corrected chi connectivity index (χ2v) is 7.40. The summed E-state index contributed by atoms with van der Waals surface area (Å²) >= 11 is 6.03. The molecule has 32 heavy (non-hydrogen) atoms. The molecule has 2 N–H and O–H groups in total. The predicted octanol–water partition coefficient (Wildman–Crippen LogP) is 5.95. The van der Waals surface area contributed by atoms with E-state index in [1.165, 1.54) is 0 Å². The molecule has 0 unspecified atom stereocenters. The predicted molar refractivity (Wildman–Crippen MR) is 125 cm³/mol. The number of halogens is 1. The van der Waals surface area contributed by atoms with Gasteiger partial charge in [-0.15, -0.1) is 0 Å². The van der Waals surface area contributed by atoms with Crippen molar-refractivity contribution in [3.63, 3.8) is 0 Å². The van der Waals surface area contributed by atoms with Crippen molar-refractivity contribution in [2.24, 2.45) is 0 Å². The summed E-state index contributed by atoms with van der Waals surface area (Å²) in [5, 5.41) is 5.94. The first kappa shape index (κ1) is 21.4. The zero-order valence-electron chi connectivity index (χ0n) is 17.1. The maximum atomic E-state index is 13.0. The van der Waals surface area contributed by atoms with E-state index in [9.17, 15) is 9.59 Å². The topological polar surface area (TPSA) is 85.2 Å². The molecular weight excluding hydrogens is 428 g/mol. The summed E-state index contributed by atoms with van der Waals surface area (Å²) in [4.78, 5) is 29.6. The molecule has 0 atom stereocenters. The summed E-state index contributed by atoms with van der Waals surface area (Å²) in [5.74, 6) is 0.592. The minimum Gasteiger partial charge on any atom is -0.449 e. The monoisotopic (exact) mass is 448 g/mol. The highest BCUT2D eigenvalue weighted by Crippen LogP contribution is 2.21. The molecule has 0 saturated heterocycles. The molecule has 162 valence electrons. The number of hydrogen-bond donors (Lipinski definition) is 2. The number of aromatic nitrogens is 2. The van der Waals surface area contributed by atoms with E-state index in [0.717, 1.165) is 5.52 Å². The van der Waals surface area contributed by atoms with E-state index in [1.54, 1.807) is 28.8 Å². The van der Waals surface area contributed by atoms with E-state index in [-0.39, 0.29) is 12.6 Å². The van der Waals surface area contributed by atoms with Gasteiger partial charge in [0.05, 0.1) is 28.4 Å². The molecule has 1 aromatic heterocycles. The zero-order valence-corrected chi connectivity index (χ0v) is 17.9. The number of rotatable bonds is 6. The van der Waals surface area contributed by atoms with Crippen LogP contribution in [0.3, 0.4) is 0 Å². The molecule has 0 aliphatic rings. The van der Waals surface area contributed by atoms with Crippen LogP contribution in [0.5, 0.6) is 0 Å². The van der Waals surface area contributed by atoms with Gasteiger partial charge < -0.3 is 10.1 Å². The largest absolute Gasteiger partial charge is 0.449 e. The Kier molecular flexibility index (Phi) is 6.67. The van der Waals surface area contributed by atoms with Gasteiger partial charge in [-0.25, -0.2) is 19.1 Å². The van der Waals surface area contributed by atoms with Gasteiger partial charge in [0.1, 0.15) is 5.82 Å². The van der Waals surface area contributed by atoms with Crippen molar-refractivity contribution in [2.45, 2.75) is 12.8 Å². The van der Waals surface area contributed by atoms with Crippen molar-refractivity contribution in [2.75, 3.05) is 17.2 Å². The molecule has 0 fully saturated rings. The fourth-order valence-corrected chi connectivity index (χ4v) is 3.46. The molecule has 0 spiro atoms. The van der Waals surface area contributed by atoms with Gasteiger partial charge >= 0.3 is 12.1 Å². The summed E-state index contributed by atoms with van der Waals surface area (Å²) in [6, 6.07) is 23.3. The van der Waals surface area contributed by atoms with E-state index in [4.69, 9.17) is 16.3 Å². The molecule has 2 amide bonds. The van der Waals surface area contributed by atoms with Gasteiger partial charge in [0.25, 0.3) is 0 Å². The lowest BCUT2D eigenvalue weighted by Crippen LogP contribution is -2.22. The maximum absolute atomic E-state index is 13.0. The van der Waals surface area contributed by atoms with Crippen LogP contribution >= 0.6 is 11.6 Å². The number of benzene rings is 3. The number of nitrogens with zero attached hydrogens (tertiary/aromatic N) is 2. The number of carbonyl (C=O) groups excluding carboxylic acids is 2. The first-order valence-electron chi connectivity index (χ1n) is 10.1. The normalized spacial score (nSPS) is 10.7. The summed E-state index contributed by atoms with van der Waals surface area (Å²) < 4.78 is 6.81. The van der Waals surface area contributed by atoms with E-state index in [2.05, 4.69) is 15.6 Å². The number of ether oxygens (including phenoxy) is 1. The molecule has 0 aliphatic carbocycles. The number of imidazole rings is 1. The van der Waals surface area contributed by atoms with Gasteiger partial charge in [0.15, 0.2) is 0 Å². The molecule has 0 radical (unpaired) electrons. The van der Waals surface area contributed by atoms with Crippen molar-refractivity contribution >= 4 is 46.1 Å². The number of fused-ring (bicyclic) bond motifs is 1. The molecule has 0 aliphatic heterocycles. The fraction of sp³-hybridized carbons (Fsp3) is 0.125. The average molecular weight is 449 g/mol. The van der Waals surface area contributed by atoms with Gasteiger partial charge in [0.2, 0.25) is 0 Å². The highest BCUT2D eigenvalue weighted by Gasteiger charge is 2.17. The second-order valence-electron chi connectivity index (χ2n) is 6.99. The van der Waals surface area contributed by atoms with Crippen LogP contribution in [0, 0.1) is 0 Å². The minimum absolute atomic E-state index is 0.166. The second kappa shape index (κ2) is 9.98. The number of hydrogen-bond acceptors (Lipinski definition) is 4. The Morgan fingerprint density at radius 2 is 1.62 bits per heavy atom. The number of para-hydroxylation sites is 4. The fourth-order valence-electron chi connectivity index (χ4n) is 3.27. The third-order valence-electron chi connectivity index (χ3n) is 4.75. The van der Waals surface area contributed by atoms with E-state index in [1.807, 2.05) is 54.6 Å². The van der Waals surface area contributed by atoms with E-state index in [0.29, 0.717) is 40.6 Å². The highest BCUT2D eigenvalue weighted by molar-refractivity contribution is 6.33. The van der Waals surface area contributed by atoms with Gasteiger partial charge in [-0.3, -0.25) is 5.32 Å². The van der Waals surface area contributed by atoms with Gasteiger partial charge in [-0.05, 0) is 42.8 Å². The molecule has 4 aromatic rings. The smallest absolute Gasteiger partial charge is 0.411 e. The number of anilines is 2. The Bertz CT molecular complexity index is 1240. The lowest BCUT2D eigenvalue weighted by Gasteiger charge is -2.10. The standard InChI is InChI=1S/C24H21ClN4O3/c25-18-11-4-5-12-19(18)28-24(31)32-16-8-15-22-27-20-13-6-7-14-21(20)29(22)23(30)26-17-9-2-1-3-10-17/h1-7,9-14H,8,15-16H2,(H,26,30)(H,28,31). The van der Waals surface area contributed by atoms with Crippen LogP contribution in [0.25, 0.3) is 11.0 Å². The minimum atomic E-state index is -0.589. The number of carbonyl (C=O) groups is 2. The van der Waals surface area contributed by atoms with Crippen LogP contribution < -0.4 is 10.6 Å². The SMILES string of the molecule is O=C(Nc1ccccc1Cl)OCCCc1nc2ccccc2n1C(=O)Nc1ccccc1. The zero-order chi connectivity index (χ0) is 22.3. The maximum Gasteiger partial charge on any atom is 0.411 e. The van der Waals surface area contributed by atoms with Gasteiger partial charge in [-0.2, -0.15) is 0 Å². The van der Waals surface area contributed by atoms with Gasteiger partial charge in [-0.1, -0.05) is 54.1 Å². The van der Waals surface area contributed by atoms with Crippen LogP contribution in [0.1, 0.15) is 12.2 Å². The van der Waals surface area contributed by atoms with Crippen LogP contribution in [0.4, 0.5) is 21.0 Å². The number of aryl methyl sites for hydroxylation is 1. The summed E-state index contributed by atoms with van der Waals surface area (Å²) in [7, 11) is 0. The Morgan fingerprint density at radius 1 is 0.906 bits per heavy atom. The van der Waals surface area contributed by atoms with Crippen LogP contribution in [0.2, 0.25) is 5.02 Å². The van der Waals surface area contributed by atoms with E-state index >= 15 is 0 Å². The van der Waals surface area contributed by atoms with Crippen LogP contribution in [-0.4, -0.2) is 28.3 Å². The van der Waals surface area contributed by atoms with Crippen molar-refractivity contribution < 1.29 is 14.3 Å². The Balaban J connectivity index is 1.40. The summed E-state index contributed by atoms with van der Waals surface area (Å²) in [6.45, 7) is 0.166. The van der Waals surface area contributed by atoms with Crippen molar-refractivity contribution in [1.82, 2.24) is 9.55 Å². The number of nitrogens with one attached hydrogen (secondary N) is 2. The van der Waals surface area contributed by atoms with Crippen molar-refractivity contribution in [1.29, 1.82) is 0 Å². The first-order chi connectivity index (χ1) is 15.6. The Labute approximate surface area is 190 Å². The van der Waals surface area contributed by atoms with Crippen molar-refractivity contribution in [3.8, 4) is 0 Å². The first-order valence-corrected chi connectivity index (χ1v) is 10.5. The molecule has 0 saturated carbocycles. The third kappa shape index (κ3) is 5.07. The van der Waals surface area contributed by atoms with Crippen molar-refractivity contribution in [3.05, 3.63) is 89.7 Å². The molecular formula is C24H21ClN4O3. The molecule has 3 aromatic carbocycles. The van der Waals surface area contributed by atoms with Crippen LogP contribution in [-0.2, 0) is 11.2 Å². The Morgan fingerprint density at radius 3 is 2.44 bits per heavy atom. The highest BCUT2D eigenvalue weighted by atomic mass is 35.5. The van der Waals surface area contributed by atoms with Crippen LogP contribution in [0.15, 0.2) is 78.9 Å². The molecule has 1 heterocycles. The van der Waals surface area contributed by atoms with Gasteiger partial charge in [0, 0.05) is 12.1 Å². The lowest BCUT2D eigenvalue weighted by atomic mass is 10.3. The Hall–Kier alpha value is -3.84.